The van der Waals surface area contributed by atoms with Gasteiger partial charge in [-0.3, -0.25) is 4.79 Å². The van der Waals surface area contributed by atoms with Gasteiger partial charge >= 0.3 is 0 Å². The number of carbonyl (C=O) groups is 1. The molecule has 3 heteroatoms. The lowest BCUT2D eigenvalue weighted by Gasteiger charge is -2.09. The van der Waals surface area contributed by atoms with E-state index in [1.807, 2.05) is 24.3 Å². The summed E-state index contributed by atoms with van der Waals surface area (Å²) in [7, 11) is 0. The molecule has 1 amide bonds. The predicted molar refractivity (Wildman–Crippen MR) is 81.7 cm³/mol. The number of amides is 1. The molecule has 0 fully saturated rings. The first kappa shape index (κ1) is 14.2. The van der Waals surface area contributed by atoms with Gasteiger partial charge in [-0.25, -0.2) is 0 Å². The SMILES string of the molecule is C=CCCCCc1ccccc1NC(=O)CI. The van der Waals surface area contributed by atoms with Crippen molar-refractivity contribution in [1.29, 1.82) is 0 Å². The van der Waals surface area contributed by atoms with Gasteiger partial charge in [-0.2, -0.15) is 0 Å². The minimum atomic E-state index is 0.0594. The summed E-state index contributed by atoms with van der Waals surface area (Å²) in [5.74, 6) is 0.0594. The second-order valence-electron chi connectivity index (χ2n) is 3.87. The van der Waals surface area contributed by atoms with Crippen molar-refractivity contribution >= 4 is 34.2 Å². The van der Waals surface area contributed by atoms with Crippen LogP contribution >= 0.6 is 22.6 Å². The van der Waals surface area contributed by atoms with Gasteiger partial charge in [-0.15, -0.1) is 6.58 Å². The summed E-state index contributed by atoms with van der Waals surface area (Å²) in [6, 6.07) is 8.02. The van der Waals surface area contributed by atoms with Crippen LogP contribution in [-0.4, -0.2) is 10.3 Å². The molecule has 0 aromatic heterocycles. The van der Waals surface area contributed by atoms with Gasteiger partial charge in [0.15, 0.2) is 0 Å². The minimum Gasteiger partial charge on any atom is -0.325 e. The molecule has 17 heavy (non-hydrogen) atoms. The van der Waals surface area contributed by atoms with Gasteiger partial charge in [0, 0.05) is 5.69 Å². The average molecular weight is 343 g/mol. The summed E-state index contributed by atoms with van der Waals surface area (Å²) in [5.41, 5.74) is 2.17. The maximum atomic E-state index is 11.4. The summed E-state index contributed by atoms with van der Waals surface area (Å²) in [5, 5.41) is 2.93. The summed E-state index contributed by atoms with van der Waals surface area (Å²) < 4.78 is 0.489. The second-order valence-corrected chi connectivity index (χ2v) is 4.64. The Morgan fingerprint density at radius 3 is 2.82 bits per heavy atom. The van der Waals surface area contributed by atoms with Gasteiger partial charge in [-0.05, 0) is 37.3 Å². The molecule has 0 aliphatic carbocycles. The van der Waals surface area contributed by atoms with Gasteiger partial charge in [0.25, 0.3) is 0 Å². The zero-order chi connectivity index (χ0) is 12.5. The van der Waals surface area contributed by atoms with Crippen molar-refractivity contribution in [2.75, 3.05) is 9.74 Å². The molecule has 0 bridgehead atoms. The van der Waals surface area contributed by atoms with E-state index in [9.17, 15) is 4.79 Å². The van der Waals surface area contributed by atoms with Crippen LogP contribution in [0.4, 0.5) is 5.69 Å². The average Bonchev–Trinajstić information content (AvgIpc) is 2.36. The molecule has 0 aliphatic heterocycles. The molecule has 2 nitrogen and oxygen atoms in total. The van der Waals surface area contributed by atoms with E-state index in [0.29, 0.717) is 4.43 Å². The number of carbonyl (C=O) groups excluding carboxylic acids is 1. The van der Waals surface area contributed by atoms with Crippen LogP contribution in [0.2, 0.25) is 0 Å². The number of benzene rings is 1. The van der Waals surface area contributed by atoms with Crippen LogP contribution in [0.15, 0.2) is 36.9 Å². The molecule has 0 aliphatic rings. The molecule has 0 saturated carbocycles. The standard InChI is InChI=1S/C14H18INO/c1-2-3-4-5-8-12-9-6-7-10-13(12)16-14(17)11-15/h2,6-7,9-10H,1,3-5,8,11H2,(H,16,17). The number of rotatable bonds is 7. The maximum Gasteiger partial charge on any atom is 0.234 e. The third-order valence-electron chi connectivity index (χ3n) is 2.52. The molecule has 0 spiro atoms. The number of hydrogen-bond acceptors (Lipinski definition) is 1. The van der Waals surface area contributed by atoms with E-state index >= 15 is 0 Å². The Balaban J connectivity index is 2.57. The third kappa shape index (κ3) is 5.35. The van der Waals surface area contributed by atoms with Crippen molar-refractivity contribution in [1.82, 2.24) is 0 Å². The van der Waals surface area contributed by atoms with Crippen molar-refractivity contribution < 1.29 is 4.79 Å². The summed E-state index contributed by atoms with van der Waals surface area (Å²) in [6.07, 6.45) is 6.29. The van der Waals surface area contributed by atoms with Gasteiger partial charge in [0.05, 0.1) is 4.43 Å². The Kier molecular flexibility index (Phi) is 6.93. The maximum absolute atomic E-state index is 11.4. The first-order valence-electron chi connectivity index (χ1n) is 5.82. The topological polar surface area (TPSA) is 29.1 Å². The molecular formula is C14H18INO. The Morgan fingerprint density at radius 1 is 1.35 bits per heavy atom. The van der Waals surface area contributed by atoms with E-state index in [4.69, 9.17) is 0 Å². The van der Waals surface area contributed by atoms with E-state index in [-0.39, 0.29) is 5.91 Å². The van der Waals surface area contributed by atoms with Crippen LogP contribution < -0.4 is 5.32 Å². The van der Waals surface area contributed by atoms with Gasteiger partial charge in [0.1, 0.15) is 0 Å². The van der Waals surface area contributed by atoms with Crippen molar-refractivity contribution in [3.8, 4) is 0 Å². The fourth-order valence-corrected chi connectivity index (χ4v) is 1.84. The highest BCUT2D eigenvalue weighted by Crippen LogP contribution is 2.18. The zero-order valence-electron chi connectivity index (χ0n) is 9.92. The Bertz CT molecular complexity index is 376. The third-order valence-corrected chi connectivity index (χ3v) is 3.21. The van der Waals surface area contributed by atoms with Crippen molar-refractivity contribution in [3.05, 3.63) is 42.5 Å². The number of aryl methyl sites for hydroxylation is 1. The number of nitrogens with one attached hydrogen (secondary N) is 1. The fraction of sp³-hybridized carbons (Fsp3) is 0.357. The largest absolute Gasteiger partial charge is 0.325 e. The van der Waals surface area contributed by atoms with E-state index in [0.717, 1.165) is 31.4 Å². The van der Waals surface area contributed by atoms with Crippen molar-refractivity contribution in [2.24, 2.45) is 0 Å². The molecule has 1 rings (SSSR count). The first-order valence-corrected chi connectivity index (χ1v) is 7.35. The molecule has 0 radical (unpaired) electrons. The van der Waals surface area contributed by atoms with Crippen LogP contribution in [0, 0.1) is 0 Å². The van der Waals surface area contributed by atoms with Crippen LogP contribution in [0.25, 0.3) is 0 Å². The highest BCUT2D eigenvalue weighted by Gasteiger charge is 2.04. The number of allylic oxidation sites excluding steroid dienone is 1. The summed E-state index contributed by atoms with van der Waals surface area (Å²) >= 11 is 2.07. The lowest BCUT2D eigenvalue weighted by molar-refractivity contribution is -0.113. The lowest BCUT2D eigenvalue weighted by atomic mass is 10.0. The van der Waals surface area contributed by atoms with Crippen LogP contribution in [-0.2, 0) is 11.2 Å². The van der Waals surface area contributed by atoms with E-state index in [1.54, 1.807) is 0 Å². The minimum absolute atomic E-state index is 0.0594. The number of para-hydroxylation sites is 1. The highest BCUT2D eigenvalue weighted by atomic mass is 127. The molecule has 0 atom stereocenters. The van der Waals surface area contributed by atoms with E-state index in [1.165, 1.54) is 5.56 Å². The van der Waals surface area contributed by atoms with Crippen LogP contribution in [0.5, 0.6) is 0 Å². The van der Waals surface area contributed by atoms with Gasteiger partial charge in [-0.1, -0.05) is 46.9 Å². The van der Waals surface area contributed by atoms with Gasteiger partial charge < -0.3 is 5.32 Å². The zero-order valence-corrected chi connectivity index (χ0v) is 12.1. The number of hydrogen-bond donors (Lipinski definition) is 1. The van der Waals surface area contributed by atoms with Gasteiger partial charge in [0.2, 0.25) is 5.91 Å². The second kappa shape index (κ2) is 8.28. The normalized spacial score (nSPS) is 9.94. The molecule has 0 unspecified atom stereocenters. The molecular weight excluding hydrogens is 325 g/mol. The van der Waals surface area contributed by atoms with E-state index < -0.39 is 0 Å². The molecule has 1 N–H and O–H groups in total. The van der Waals surface area contributed by atoms with Crippen molar-refractivity contribution in [2.45, 2.75) is 25.7 Å². The quantitative estimate of drug-likeness (QED) is 0.345. The summed E-state index contributed by atoms with van der Waals surface area (Å²) in [6.45, 7) is 3.72. The van der Waals surface area contributed by atoms with E-state index in [2.05, 4.69) is 40.6 Å². The smallest absolute Gasteiger partial charge is 0.234 e. The van der Waals surface area contributed by atoms with Crippen LogP contribution in [0.3, 0.4) is 0 Å². The lowest BCUT2D eigenvalue weighted by Crippen LogP contribution is -2.13. The molecule has 92 valence electrons. The summed E-state index contributed by atoms with van der Waals surface area (Å²) in [4.78, 5) is 11.4. The number of anilines is 1. The Hall–Kier alpha value is -0.840. The first-order chi connectivity index (χ1) is 8.27. The highest BCUT2D eigenvalue weighted by molar-refractivity contribution is 14.1. The number of alkyl halides is 1. The monoisotopic (exact) mass is 343 g/mol. The molecule has 0 saturated heterocycles. The Labute approximate surface area is 117 Å². The molecule has 1 aromatic carbocycles. The van der Waals surface area contributed by atoms with Crippen molar-refractivity contribution in [3.63, 3.8) is 0 Å². The Morgan fingerprint density at radius 2 is 2.12 bits per heavy atom. The fourth-order valence-electron chi connectivity index (χ4n) is 1.65. The molecule has 0 heterocycles. The predicted octanol–water partition coefficient (Wildman–Crippen LogP) is 3.96. The molecule has 1 aromatic rings. The number of halogens is 1. The number of unbranched alkanes of at least 4 members (excludes halogenated alkanes) is 2. The van der Waals surface area contributed by atoms with Crippen LogP contribution in [0.1, 0.15) is 24.8 Å².